The van der Waals surface area contributed by atoms with E-state index in [-0.39, 0.29) is 0 Å². The fourth-order valence-corrected chi connectivity index (χ4v) is 1.30. The molecular formula is C13H17N3O3. The van der Waals surface area contributed by atoms with Crippen molar-refractivity contribution in [1.29, 1.82) is 0 Å². The minimum Gasteiger partial charge on any atom is -0.497 e. The summed E-state index contributed by atoms with van der Waals surface area (Å²) in [5, 5.41) is 13.5. The molecule has 1 rings (SSSR count). The van der Waals surface area contributed by atoms with E-state index in [9.17, 15) is 10.1 Å². The Bertz CT molecular complexity index is 478. The third-order valence-electron chi connectivity index (χ3n) is 2.18. The van der Waals surface area contributed by atoms with Crippen LogP contribution in [0.2, 0.25) is 0 Å². The molecule has 0 aromatic heterocycles. The Morgan fingerprint density at radius 1 is 1.37 bits per heavy atom. The topological polar surface area (TPSA) is 67.6 Å². The maximum absolute atomic E-state index is 10.6. The molecule has 0 atom stereocenters. The number of rotatable bonds is 6. The predicted molar refractivity (Wildman–Crippen MR) is 74.5 cm³/mol. The molecule has 1 N–H and O–H groups in total. The zero-order valence-corrected chi connectivity index (χ0v) is 11.2. The molecule has 1 aromatic rings. The standard InChI is InChI=1S/C13H17N3O3/c1-15(2)9-8-12(10-16(17)18)14-11-4-6-13(19-3)7-5-11/h4-10,14H,1-3H3/b9-8+,12-10-. The van der Waals surface area contributed by atoms with Crippen molar-refractivity contribution >= 4 is 5.69 Å². The molecule has 0 aliphatic carbocycles. The summed E-state index contributed by atoms with van der Waals surface area (Å²) < 4.78 is 5.05. The Balaban J connectivity index is 2.84. The fraction of sp³-hybridized carbons (Fsp3) is 0.231. The third-order valence-corrected chi connectivity index (χ3v) is 2.18. The summed E-state index contributed by atoms with van der Waals surface area (Å²) in [6, 6.07) is 7.13. The van der Waals surface area contributed by atoms with E-state index in [0.717, 1.165) is 17.6 Å². The molecule has 1 aromatic carbocycles. The molecule has 0 radical (unpaired) electrons. The van der Waals surface area contributed by atoms with Crippen molar-refractivity contribution in [3.63, 3.8) is 0 Å². The average Bonchev–Trinajstić information content (AvgIpc) is 2.36. The molecule has 0 bridgehead atoms. The smallest absolute Gasteiger partial charge is 0.257 e. The van der Waals surface area contributed by atoms with Crippen LogP contribution < -0.4 is 10.1 Å². The molecule has 0 aliphatic rings. The van der Waals surface area contributed by atoms with Crippen molar-refractivity contribution in [2.75, 3.05) is 26.5 Å². The second kappa shape index (κ2) is 7.05. The average molecular weight is 263 g/mol. The van der Waals surface area contributed by atoms with E-state index in [1.54, 1.807) is 48.6 Å². The minimum absolute atomic E-state index is 0.392. The number of hydrogen-bond acceptors (Lipinski definition) is 5. The van der Waals surface area contributed by atoms with Crippen LogP contribution in [0.5, 0.6) is 5.75 Å². The van der Waals surface area contributed by atoms with Gasteiger partial charge in [-0.05, 0) is 30.3 Å². The molecule has 0 saturated heterocycles. The van der Waals surface area contributed by atoms with Gasteiger partial charge in [0.15, 0.2) is 0 Å². The third kappa shape index (κ3) is 5.58. The molecule has 6 heteroatoms. The molecule has 0 spiro atoms. The lowest BCUT2D eigenvalue weighted by molar-refractivity contribution is -0.403. The Kier molecular flexibility index (Phi) is 5.40. The molecule has 0 heterocycles. The summed E-state index contributed by atoms with van der Waals surface area (Å²) in [6.07, 6.45) is 4.28. The lowest BCUT2D eigenvalue weighted by Crippen LogP contribution is -2.04. The van der Waals surface area contributed by atoms with Gasteiger partial charge in [-0.3, -0.25) is 10.1 Å². The summed E-state index contributed by atoms with van der Waals surface area (Å²) >= 11 is 0. The molecule has 0 amide bonds. The van der Waals surface area contributed by atoms with Crippen LogP contribution in [-0.2, 0) is 0 Å². The van der Waals surface area contributed by atoms with Gasteiger partial charge in [0.1, 0.15) is 11.4 Å². The number of ether oxygens (including phenoxy) is 1. The first kappa shape index (κ1) is 14.6. The van der Waals surface area contributed by atoms with Crippen molar-refractivity contribution in [3.05, 3.63) is 58.6 Å². The second-order valence-corrected chi connectivity index (χ2v) is 4.00. The van der Waals surface area contributed by atoms with Crippen molar-refractivity contribution in [2.24, 2.45) is 0 Å². The normalized spacial score (nSPS) is 11.4. The van der Waals surface area contributed by atoms with Crippen molar-refractivity contribution in [1.82, 2.24) is 4.90 Å². The lowest BCUT2D eigenvalue weighted by Gasteiger charge is -2.08. The Morgan fingerprint density at radius 3 is 2.47 bits per heavy atom. The van der Waals surface area contributed by atoms with Crippen LogP contribution in [0.4, 0.5) is 5.69 Å². The van der Waals surface area contributed by atoms with Gasteiger partial charge in [-0.2, -0.15) is 0 Å². The molecule has 102 valence electrons. The highest BCUT2D eigenvalue weighted by molar-refractivity contribution is 5.52. The van der Waals surface area contributed by atoms with Crippen LogP contribution in [0, 0.1) is 10.1 Å². The monoisotopic (exact) mass is 263 g/mol. The maximum Gasteiger partial charge on any atom is 0.257 e. The Morgan fingerprint density at radius 2 is 2.00 bits per heavy atom. The van der Waals surface area contributed by atoms with Crippen molar-refractivity contribution in [2.45, 2.75) is 0 Å². The highest BCUT2D eigenvalue weighted by Gasteiger charge is 2.01. The number of hydrogen-bond donors (Lipinski definition) is 1. The van der Waals surface area contributed by atoms with Gasteiger partial charge in [-0.1, -0.05) is 0 Å². The minimum atomic E-state index is -0.494. The predicted octanol–water partition coefficient (Wildman–Crippen LogP) is 2.30. The van der Waals surface area contributed by atoms with Crippen molar-refractivity contribution in [3.8, 4) is 5.75 Å². The van der Waals surface area contributed by atoms with Crippen LogP contribution in [-0.4, -0.2) is 31.0 Å². The van der Waals surface area contributed by atoms with Crippen LogP contribution in [0.3, 0.4) is 0 Å². The van der Waals surface area contributed by atoms with E-state index in [1.165, 1.54) is 0 Å². The number of benzene rings is 1. The number of nitrogens with zero attached hydrogens (tertiary/aromatic N) is 2. The lowest BCUT2D eigenvalue weighted by atomic mass is 10.3. The summed E-state index contributed by atoms with van der Waals surface area (Å²) in [6.45, 7) is 0. The van der Waals surface area contributed by atoms with Gasteiger partial charge < -0.3 is 15.0 Å². The first-order chi connectivity index (χ1) is 9.01. The molecular weight excluding hydrogens is 246 g/mol. The Labute approximate surface area is 112 Å². The molecule has 6 nitrogen and oxygen atoms in total. The highest BCUT2D eigenvalue weighted by Crippen LogP contribution is 2.16. The number of allylic oxidation sites excluding steroid dienone is 1. The van der Waals surface area contributed by atoms with E-state index >= 15 is 0 Å². The zero-order chi connectivity index (χ0) is 14.3. The molecule has 0 saturated carbocycles. The number of nitro groups is 1. The summed E-state index contributed by atoms with van der Waals surface area (Å²) in [7, 11) is 5.27. The van der Waals surface area contributed by atoms with E-state index in [0.29, 0.717) is 5.70 Å². The first-order valence-electron chi connectivity index (χ1n) is 5.62. The molecule has 0 fully saturated rings. The van der Waals surface area contributed by atoms with E-state index in [2.05, 4.69) is 5.32 Å². The number of methoxy groups -OCH3 is 1. The van der Waals surface area contributed by atoms with E-state index < -0.39 is 4.92 Å². The SMILES string of the molecule is COc1ccc(NC(=C\[N+](=O)[O-])/C=C/N(C)C)cc1. The van der Waals surface area contributed by atoms with Gasteiger partial charge in [0, 0.05) is 26.0 Å². The van der Waals surface area contributed by atoms with Gasteiger partial charge >= 0.3 is 0 Å². The van der Waals surface area contributed by atoms with E-state index in [4.69, 9.17) is 4.74 Å². The molecule has 0 aliphatic heterocycles. The largest absolute Gasteiger partial charge is 0.497 e. The van der Waals surface area contributed by atoms with Crippen LogP contribution >= 0.6 is 0 Å². The maximum atomic E-state index is 10.6. The summed E-state index contributed by atoms with van der Waals surface area (Å²) in [4.78, 5) is 11.9. The second-order valence-electron chi connectivity index (χ2n) is 4.00. The Hall–Kier alpha value is -2.50. The van der Waals surface area contributed by atoms with Crippen LogP contribution in [0.25, 0.3) is 0 Å². The van der Waals surface area contributed by atoms with Gasteiger partial charge in [-0.15, -0.1) is 0 Å². The van der Waals surface area contributed by atoms with E-state index in [1.807, 2.05) is 14.1 Å². The van der Waals surface area contributed by atoms with Gasteiger partial charge in [0.2, 0.25) is 0 Å². The van der Waals surface area contributed by atoms with Crippen LogP contribution in [0.1, 0.15) is 0 Å². The van der Waals surface area contributed by atoms with Gasteiger partial charge in [0.25, 0.3) is 6.20 Å². The number of nitrogens with one attached hydrogen (secondary N) is 1. The van der Waals surface area contributed by atoms with Gasteiger partial charge in [-0.25, -0.2) is 0 Å². The summed E-state index contributed by atoms with van der Waals surface area (Å²) in [5.74, 6) is 0.731. The van der Waals surface area contributed by atoms with Crippen LogP contribution in [0.15, 0.2) is 48.4 Å². The van der Waals surface area contributed by atoms with Gasteiger partial charge in [0.05, 0.1) is 12.0 Å². The number of anilines is 1. The first-order valence-corrected chi connectivity index (χ1v) is 5.62. The zero-order valence-electron chi connectivity index (χ0n) is 11.2. The fourth-order valence-electron chi connectivity index (χ4n) is 1.30. The quantitative estimate of drug-likeness (QED) is 0.484. The molecule has 0 unspecified atom stereocenters. The highest BCUT2D eigenvalue weighted by atomic mass is 16.6. The van der Waals surface area contributed by atoms with Crippen molar-refractivity contribution < 1.29 is 9.66 Å². The molecule has 19 heavy (non-hydrogen) atoms. The summed E-state index contributed by atoms with van der Waals surface area (Å²) in [5.41, 5.74) is 1.14.